The Kier molecular flexibility index (Phi) is 4.61. The first-order chi connectivity index (χ1) is 8.19. The van der Waals surface area contributed by atoms with Crippen LogP contribution in [0, 0.1) is 0 Å². The minimum Gasteiger partial charge on any atom is -0.480 e. The summed E-state index contributed by atoms with van der Waals surface area (Å²) in [5.41, 5.74) is -0.337. The van der Waals surface area contributed by atoms with Crippen LogP contribution in [0.3, 0.4) is 0 Å². The van der Waals surface area contributed by atoms with Crippen molar-refractivity contribution in [2.45, 2.75) is 44.0 Å². The van der Waals surface area contributed by atoms with Crippen molar-refractivity contribution in [1.29, 1.82) is 0 Å². The third-order valence-electron chi connectivity index (χ3n) is 2.26. The normalized spacial score (nSPS) is 24.3. The lowest BCUT2D eigenvalue weighted by atomic mass is 10.1. The molecule has 102 valence electrons. The predicted octanol–water partition coefficient (Wildman–Crippen LogP) is -0.0240. The number of amides is 2. The van der Waals surface area contributed by atoms with Crippen LogP contribution in [0.4, 0.5) is 0 Å². The number of rotatable bonds is 3. The molecule has 0 bridgehead atoms. The summed E-state index contributed by atoms with van der Waals surface area (Å²) in [6, 6.07) is -0.857. The molecule has 1 rings (SSSR count). The van der Waals surface area contributed by atoms with E-state index in [9.17, 15) is 14.4 Å². The van der Waals surface area contributed by atoms with Crippen molar-refractivity contribution in [1.82, 2.24) is 10.6 Å². The van der Waals surface area contributed by atoms with Gasteiger partial charge in [-0.15, -0.1) is 11.8 Å². The van der Waals surface area contributed by atoms with Gasteiger partial charge in [0.15, 0.2) is 0 Å². The lowest BCUT2D eigenvalue weighted by Gasteiger charge is -2.27. The fourth-order valence-electron chi connectivity index (χ4n) is 1.52. The van der Waals surface area contributed by atoms with E-state index in [0.29, 0.717) is 0 Å². The van der Waals surface area contributed by atoms with Crippen LogP contribution in [-0.2, 0) is 14.4 Å². The Morgan fingerprint density at radius 2 is 2.11 bits per heavy atom. The van der Waals surface area contributed by atoms with Crippen molar-refractivity contribution >= 4 is 29.5 Å². The Labute approximate surface area is 110 Å². The molecule has 7 heteroatoms. The molecule has 6 nitrogen and oxygen atoms in total. The molecule has 2 atom stereocenters. The molecule has 18 heavy (non-hydrogen) atoms. The second-order valence-electron chi connectivity index (χ2n) is 5.22. The largest absolute Gasteiger partial charge is 0.480 e. The van der Waals surface area contributed by atoms with Crippen molar-refractivity contribution in [3.05, 3.63) is 0 Å². The van der Waals surface area contributed by atoms with Crippen molar-refractivity contribution in [2.75, 3.05) is 5.75 Å². The van der Waals surface area contributed by atoms with Gasteiger partial charge in [-0.1, -0.05) is 0 Å². The predicted molar refractivity (Wildman–Crippen MR) is 68.3 cm³/mol. The van der Waals surface area contributed by atoms with Gasteiger partial charge in [-0.05, 0) is 20.8 Å². The second kappa shape index (κ2) is 5.60. The molecule has 0 aromatic carbocycles. The molecule has 1 saturated heterocycles. The van der Waals surface area contributed by atoms with Gasteiger partial charge in [0.2, 0.25) is 11.8 Å². The molecule has 0 aliphatic carbocycles. The van der Waals surface area contributed by atoms with Crippen molar-refractivity contribution in [3.63, 3.8) is 0 Å². The summed E-state index contributed by atoms with van der Waals surface area (Å²) in [6.45, 7) is 5.58. The number of carboxylic acids is 1. The maximum atomic E-state index is 11.7. The summed E-state index contributed by atoms with van der Waals surface area (Å²) in [5.74, 6) is -1.35. The molecule has 1 fully saturated rings. The quantitative estimate of drug-likeness (QED) is 0.672. The molecule has 1 heterocycles. The highest BCUT2D eigenvalue weighted by Crippen LogP contribution is 2.21. The average Bonchev–Trinajstić information content (AvgIpc) is 2.17. The minimum absolute atomic E-state index is 0.0696. The summed E-state index contributed by atoms with van der Waals surface area (Å²) >= 11 is 1.21. The van der Waals surface area contributed by atoms with E-state index in [4.69, 9.17) is 5.11 Å². The van der Waals surface area contributed by atoms with Gasteiger partial charge in [0.25, 0.3) is 0 Å². The molecule has 2 amide bonds. The standard InChI is InChI=1S/C11H18N2O4S/c1-11(2,3)13-8(14)4-7-9(15)12-6(5-18-7)10(16)17/h6-7H,4-5H2,1-3H3,(H,12,15)(H,13,14)(H,16,17). The molecule has 0 aromatic rings. The van der Waals surface area contributed by atoms with Gasteiger partial charge in [-0.2, -0.15) is 0 Å². The third kappa shape index (κ3) is 4.56. The number of carbonyl (C=O) groups excluding carboxylic acids is 2. The van der Waals surface area contributed by atoms with E-state index in [-0.39, 0.29) is 29.5 Å². The summed E-state index contributed by atoms with van der Waals surface area (Å²) in [6.07, 6.45) is 0.0696. The van der Waals surface area contributed by atoms with Gasteiger partial charge < -0.3 is 15.7 Å². The van der Waals surface area contributed by atoms with Crippen molar-refractivity contribution in [3.8, 4) is 0 Å². The maximum Gasteiger partial charge on any atom is 0.327 e. The third-order valence-corrected chi connectivity index (χ3v) is 3.57. The first kappa shape index (κ1) is 14.8. The molecule has 0 aromatic heterocycles. The van der Waals surface area contributed by atoms with Crippen LogP contribution in [-0.4, -0.2) is 45.5 Å². The summed E-state index contributed by atoms with van der Waals surface area (Å²) < 4.78 is 0. The zero-order valence-electron chi connectivity index (χ0n) is 10.6. The van der Waals surface area contributed by atoms with Gasteiger partial charge >= 0.3 is 5.97 Å². The molecular formula is C11H18N2O4S. The molecule has 3 N–H and O–H groups in total. The second-order valence-corrected chi connectivity index (χ2v) is 6.46. The van der Waals surface area contributed by atoms with Gasteiger partial charge in [0.05, 0.1) is 5.25 Å². The van der Waals surface area contributed by atoms with E-state index in [2.05, 4.69) is 10.6 Å². The van der Waals surface area contributed by atoms with Crippen molar-refractivity contribution < 1.29 is 19.5 Å². The zero-order chi connectivity index (χ0) is 13.9. The van der Waals surface area contributed by atoms with Gasteiger partial charge in [0.1, 0.15) is 6.04 Å². The fraction of sp³-hybridized carbons (Fsp3) is 0.727. The van der Waals surface area contributed by atoms with Crippen LogP contribution in [0.5, 0.6) is 0 Å². The number of hydrogen-bond donors (Lipinski definition) is 3. The number of aliphatic carboxylic acids is 1. The number of carboxylic acid groups (broad SMARTS) is 1. The number of thioether (sulfide) groups is 1. The van der Waals surface area contributed by atoms with E-state index in [1.807, 2.05) is 20.8 Å². The Bertz CT molecular complexity index is 365. The number of nitrogens with one attached hydrogen (secondary N) is 2. The Balaban J connectivity index is 2.48. The minimum atomic E-state index is -1.05. The first-order valence-corrected chi connectivity index (χ1v) is 6.70. The highest BCUT2D eigenvalue weighted by molar-refractivity contribution is 8.00. The number of hydrogen-bond acceptors (Lipinski definition) is 4. The van der Waals surface area contributed by atoms with Crippen LogP contribution in [0.15, 0.2) is 0 Å². The Morgan fingerprint density at radius 3 is 2.56 bits per heavy atom. The molecule has 0 saturated carbocycles. The lowest BCUT2D eigenvalue weighted by molar-refractivity contribution is -0.141. The van der Waals surface area contributed by atoms with Crippen LogP contribution < -0.4 is 10.6 Å². The first-order valence-electron chi connectivity index (χ1n) is 5.65. The molecule has 1 aliphatic heterocycles. The number of carbonyl (C=O) groups is 3. The topological polar surface area (TPSA) is 95.5 Å². The molecule has 0 radical (unpaired) electrons. The van der Waals surface area contributed by atoms with E-state index >= 15 is 0 Å². The SMILES string of the molecule is CC(C)(C)NC(=O)CC1SCC(C(=O)O)NC1=O. The van der Waals surface area contributed by atoms with E-state index in [1.165, 1.54) is 11.8 Å². The van der Waals surface area contributed by atoms with E-state index in [0.717, 1.165) is 0 Å². The van der Waals surface area contributed by atoms with Crippen LogP contribution >= 0.6 is 11.8 Å². The van der Waals surface area contributed by atoms with Crippen LogP contribution in [0.2, 0.25) is 0 Å². The monoisotopic (exact) mass is 274 g/mol. The summed E-state index contributed by atoms with van der Waals surface area (Å²) in [5, 5.41) is 13.4. The van der Waals surface area contributed by atoms with Gasteiger partial charge in [0, 0.05) is 17.7 Å². The van der Waals surface area contributed by atoms with E-state index in [1.54, 1.807) is 0 Å². The van der Waals surface area contributed by atoms with Crippen LogP contribution in [0.25, 0.3) is 0 Å². The lowest BCUT2D eigenvalue weighted by Crippen LogP contribution is -2.52. The van der Waals surface area contributed by atoms with Gasteiger partial charge in [-0.25, -0.2) is 4.79 Å². The van der Waals surface area contributed by atoms with Crippen LogP contribution in [0.1, 0.15) is 27.2 Å². The fourth-order valence-corrected chi connectivity index (χ4v) is 2.66. The smallest absolute Gasteiger partial charge is 0.327 e. The van der Waals surface area contributed by atoms with E-state index < -0.39 is 17.3 Å². The Morgan fingerprint density at radius 1 is 1.50 bits per heavy atom. The maximum absolute atomic E-state index is 11.7. The molecule has 1 aliphatic rings. The van der Waals surface area contributed by atoms with Crippen molar-refractivity contribution in [2.24, 2.45) is 0 Å². The molecular weight excluding hydrogens is 256 g/mol. The Hall–Kier alpha value is -1.24. The zero-order valence-corrected chi connectivity index (χ0v) is 11.5. The molecule has 2 unspecified atom stereocenters. The summed E-state index contributed by atoms with van der Waals surface area (Å²) in [4.78, 5) is 34.0. The summed E-state index contributed by atoms with van der Waals surface area (Å²) in [7, 11) is 0. The average molecular weight is 274 g/mol. The highest BCUT2D eigenvalue weighted by atomic mass is 32.2. The molecule has 0 spiro atoms. The highest BCUT2D eigenvalue weighted by Gasteiger charge is 2.33. The van der Waals surface area contributed by atoms with Gasteiger partial charge in [-0.3, -0.25) is 9.59 Å².